The number of rotatable bonds is 5. The van der Waals surface area contributed by atoms with Gasteiger partial charge in [-0.25, -0.2) is 14.1 Å². The number of benzene rings is 2. The van der Waals surface area contributed by atoms with Crippen LogP contribution >= 0.6 is 15.9 Å². The summed E-state index contributed by atoms with van der Waals surface area (Å²) >= 11 is 3.53. The smallest absolute Gasteiger partial charge is 0.264 e. The highest BCUT2D eigenvalue weighted by molar-refractivity contribution is 9.10. The van der Waals surface area contributed by atoms with Crippen molar-refractivity contribution < 1.29 is 9.50 Å². The molecule has 10 heteroatoms. The first kappa shape index (κ1) is 23.4. The average Bonchev–Trinajstić information content (AvgIpc) is 3.29. The molecule has 0 radical (unpaired) electrons. The van der Waals surface area contributed by atoms with Gasteiger partial charge < -0.3 is 5.11 Å². The fourth-order valence-electron chi connectivity index (χ4n) is 4.42. The van der Waals surface area contributed by atoms with Crippen LogP contribution in [-0.2, 0) is 13.1 Å². The maximum Gasteiger partial charge on any atom is 0.264 e. The van der Waals surface area contributed by atoms with Crippen molar-refractivity contribution in [1.82, 2.24) is 24.2 Å². The van der Waals surface area contributed by atoms with E-state index in [1.807, 2.05) is 12.1 Å². The standard InChI is InChI=1S/C25H22BrFN6O2/c26-22-11-17(12-28)1-2-18(22)14-31-9-7-25(35,8-10-31)15-32-16-29-23-21(24(32)34)13-30-33(23)20-5-3-19(27)4-6-20/h1-6,11,13,16,35H,7-10,14-15H2. The minimum Gasteiger partial charge on any atom is -0.388 e. The third-order valence-corrected chi connectivity index (χ3v) is 7.19. The summed E-state index contributed by atoms with van der Waals surface area (Å²) in [6.45, 7) is 2.20. The highest BCUT2D eigenvalue weighted by Crippen LogP contribution is 2.27. The molecule has 35 heavy (non-hydrogen) atoms. The molecule has 178 valence electrons. The molecule has 0 bridgehead atoms. The van der Waals surface area contributed by atoms with E-state index in [1.165, 1.54) is 33.9 Å². The number of piperidine rings is 1. The lowest BCUT2D eigenvalue weighted by molar-refractivity contribution is -0.0365. The van der Waals surface area contributed by atoms with E-state index >= 15 is 0 Å². The summed E-state index contributed by atoms with van der Waals surface area (Å²) in [5.74, 6) is -0.357. The lowest BCUT2D eigenvalue weighted by atomic mass is 9.91. The second kappa shape index (κ2) is 9.34. The monoisotopic (exact) mass is 536 g/mol. The molecule has 0 saturated carbocycles. The highest BCUT2D eigenvalue weighted by atomic mass is 79.9. The van der Waals surface area contributed by atoms with Crippen LogP contribution in [0.2, 0.25) is 0 Å². The van der Waals surface area contributed by atoms with Crippen LogP contribution in [0.3, 0.4) is 0 Å². The van der Waals surface area contributed by atoms with Crippen molar-refractivity contribution in [1.29, 1.82) is 5.26 Å². The molecule has 0 unspecified atom stereocenters. The van der Waals surface area contributed by atoms with Gasteiger partial charge in [-0.3, -0.25) is 14.3 Å². The van der Waals surface area contributed by atoms with Crippen molar-refractivity contribution in [3.63, 3.8) is 0 Å². The molecule has 1 aliphatic heterocycles. The Morgan fingerprint density at radius 3 is 2.60 bits per heavy atom. The largest absolute Gasteiger partial charge is 0.388 e. The fourth-order valence-corrected chi connectivity index (χ4v) is 4.93. The number of halogens is 2. The Kier molecular flexibility index (Phi) is 6.23. The average molecular weight is 537 g/mol. The first-order valence-electron chi connectivity index (χ1n) is 11.2. The molecule has 3 heterocycles. The van der Waals surface area contributed by atoms with Crippen LogP contribution in [0.4, 0.5) is 4.39 Å². The van der Waals surface area contributed by atoms with Crippen molar-refractivity contribution in [2.45, 2.75) is 31.5 Å². The topological polar surface area (TPSA) is 100.0 Å². The predicted molar refractivity (Wildman–Crippen MR) is 131 cm³/mol. The first-order valence-corrected chi connectivity index (χ1v) is 12.0. The van der Waals surface area contributed by atoms with Crippen LogP contribution < -0.4 is 5.56 Å². The maximum atomic E-state index is 13.3. The number of hydrogen-bond acceptors (Lipinski definition) is 6. The zero-order valence-electron chi connectivity index (χ0n) is 18.7. The molecule has 4 aromatic rings. The second-order valence-corrected chi connectivity index (χ2v) is 9.72. The molecule has 0 atom stereocenters. The summed E-state index contributed by atoms with van der Waals surface area (Å²) in [6, 6.07) is 13.5. The molecule has 5 rings (SSSR count). The van der Waals surface area contributed by atoms with E-state index in [0.29, 0.717) is 54.8 Å². The molecule has 1 fully saturated rings. The van der Waals surface area contributed by atoms with Gasteiger partial charge in [0.1, 0.15) is 17.5 Å². The fraction of sp³-hybridized carbons (Fsp3) is 0.280. The predicted octanol–water partition coefficient (Wildman–Crippen LogP) is 3.38. The maximum absolute atomic E-state index is 13.3. The summed E-state index contributed by atoms with van der Waals surface area (Å²) in [4.78, 5) is 19.8. The Morgan fingerprint density at radius 1 is 1.17 bits per heavy atom. The van der Waals surface area contributed by atoms with Gasteiger partial charge in [-0.15, -0.1) is 0 Å². The van der Waals surface area contributed by atoms with Gasteiger partial charge in [0.05, 0.1) is 35.7 Å². The summed E-state index contributed by atoms with van der Waals surface area (Å²) in [5, 5.41) is 24.9. The zero-order chi connectivity index (χ0) is 24.6. The van der Waals surface area contributed by atoms with Crippen molar-refractivity contribution in [3.05, 3.63) is 86.8 Å². The van der Waals surface area contributed by atoms with Gasteiger partial charge in [0.2, 0.25) is 0 Å². The van der Waals surface area contributed by atoms with Crippen molar-refractivity contribution >= 4 is 27.0 Å². The molecule has 0 spiro atoms. The van der Waals surface area contributed by atoms with Crippen LogP contribution in [0, 0.1) is 17.1 Å². The molecule has 1 aliphatic rings. The lowest BCUT2D eigenvalue weighted by Crippen LogP contribution is -2.47. The summed E-state index contributed by atoms with van der Waals surface area (Å²) < 4.78 is 17.1. The summed E-state index contributed by atoms with van der Waals surface area (Å²) in [7, 11) is 0. The van der Waals surface area contributed by atoms with Gasteiger partial charge in [0.25, 0.3) is 5.56 Å². The summed E-state index contributed by atoms with van der Waals surface area (Å²) in [5.41, 5.74) is 1.37. The lowest BCUT2D eigenvalue weighted by Gasteiger charge is -2.38. The number of aromatic nitrogens is 4. The first-order chi connectivity index (χ1) is 16.8. The Labute approximate surface area is 209 Å². The van der Waals surface area contributed by atoms with Crippen LogP contribution in [0.1, 0.15) is 24.0 Å². The van der Waals surface area contributed by atoms with E-state index in [4.69, 9.17) is 5.26 Å². The van der Waals surface area contributed by atoms with E-state index < -0.39 is 5.60 Å². The quantitative estimate of drug-likeness (QED) is 0.419. The second-order valence-electron chi connectivity index (χ2n) is 8.87. The Morgan fingerprint density at radius 2 is 1.91 bits per heavy atom. The van der Waals surface area contributed by atoms with Gasteiger partial charge in [-0.2, -0.15) is 10.4 Å². The van der Waals surface area contributed by atoms with Gasteiger partial charge in [-0.05, 0) is 54.8 Å². The van der Waals surface area contributed by atoms with Gasteiger partial charge >= 0.3 is 0 Å². The van der Waals surface area contributed by atoms with Crippen molar-refractivity contribution in [2.75, 3.05) is 13.1 Å². The molecule has 2 aromatic carbocycles. The van der Waals surface area contributed by atoms with Gasteiger partial charge in [0, 0.05) is 24.1 Å². The van der Waals surface area contributed by atoms with E-state index in [-0.39, 0.29) is 17.9 Å². The minimum atomic E-state index is -1.02. The molecule has 8 nitrogen and oxygen atoms in total. The van der Waals surface area contributed by atoms with E-state index in [9.17, 15) is 14.3 Å². The molecule has 1 N–H and O–H groups in total. The normalized spacial score (nSPS) is 15.8. The van der Waals surface area contributed by atoms with Crippen molar-refractivity contribution in [3.8, 4) is 11.8 Å². The van der Waals surface area contributed by atoms with Crippen molar-refractivity contribution in [2.24, 2.45) is 0 Å². The van der Waals surface area contributed by atoms with E-state index in [2.05, 4.69) is 37.0 Å². The zero-order valence-corrected chi connectivity index (χ0v) is 20.3. The Bertz CT molecular complexity index is 1480. The van der Waals surface area contributed by atoms with E-state index in [0.717, 1.165) is 10.0 Å². The van der Waals surface area contributed by atoms with Crippen LogP contribution in [0.15, 0.2) is 64.3 Å². The molecule has 0 aliphatic carbocycles. The third-order valence-electron chi connectivity index (χ3n) is 6.45. The SMILES string of the molecule is N#Cc1ccc(CN2CCC(O)(Cn3cnc4c(cnn4-c4ccc(F)cc4)c3=O)CC2)c(Br)c1. The molecular weight excluding hydrogens is 515 g/mol. The highest BCUT2D eigenvalue weighted by Gasteiger charge is 2.33. The number of hydrogen-bond donors (Lipinski definition) is 1. The third kappa shape index (κ3) is 4.75. The summed E-state index contributed by atoms with van der Waals surface area (Å²) in [6.07, 6.45) is 3.91. The van der Waals surface area contributed by atoms with E-state index in [1.54, 1.807) is 18.2 Å². The minimum absolute atomic E-state index is 0.144. The number of likely N-dealkylation sites (tertiary alicyclic amines) is 1. The Hall–Kier alpha value is -3.39. The van der Waals surface area contributed by atoms with Crippen LogP contribution in [-0.4, -0.2) is 48.0 Å². The molecular formula is C25H22BrFN6O2. The number of aliphatic hydroxyl groups is 1. The Balaban J connectivity index is 1.29. The number of fused-ring (bicyclic) bond motifs is 1. The molecule has 2 aromatic heterocycles. The van der Waals surface area contributed by atoms with Gasteiger partial charge in [0.15, 0.2) is 5.65 Å². The number of nitrogens with zero attached hydrogens (tertiary/aromatic N) is 6. The van der Waals surface area contributed by atoms with Crippen LogP contribution in [0.5, 0.6) is 0 Å². The number of nitriles is 1. The molecule has 1 saturated heterocycles. The van der Waals surface area contributed by atoms with Gasteiger partial charge in [-0.1, -0.05) is 22.0 Å². The van der Waals surface area contributed by atoms with Crippen LogP contribution in [0.25, 0.3) is 16.7 Å². The molecule has 0 amide bonds.